The van der Waals surface area contributed by atoms with Crippen LogP contribution in [0.1, 0.15) is 42.4 Å². The summed E-state index contributed by atoms with van der Waals surface area (Å²) in [6, 6.07) is 7.32. The highest BCUT2D eigenvalue weighted by Gasteiger charge is 2.19. The molecule has 2 rings (SSSR count). The predicted molar refractivity (Wildman–Crippen MR) is 95.5 cm³/mol. The minimum absolute atomic E-state index is 0.0450. The van der Waals surface area contributed by atoms with Crippen molar-refractivity contribution >= 4 is 21.8 Å². The van der Waals surface area contributed by atoms with E-state index in [1.165, 1.54) is 0 Å². The van der Waals surface area contributed by atoms with Gasteiger partial charge in [-0.05, 0) is 24.3 Å². The number of aromatic amines is 1. The van der Waals surface area contributed by atoms with Crippen molar-refractivity contribution in [1.82, 2.24) is 20.8 Å². The highest BCUT2D eigenvalue weighted by Crippen LogP contribution is 2.23. The van der Waals surface area contributed by atoms with Gasteiger partial charge in [0, 0.05) is 46.3 Å². The molecule has 0 unspecified atom stereocenters. The van der Waals surface area contributed by atoms with Crippen LogP contribution in [0.5, 0.6) is 0 Å². The maximum Gasteiger partial charge on any atom is 0.251 e. The van der Waals surface area contributed by atoms with E-state index in [2.05, 4.69) is 57.5 Å². The average Bonchev–Trinajstić information content (AvgIpc) is 2.96. The van der Waals surface area contributed by atoms with E-state index >= 15 is 0 Å². The third-order valence-corrected chi connectivity index (χ3v) is 4.01. The fourth-order valence-corrected chi connectivity index (χ4v) is 2.55. The van der Waals surface area contributed by atoms with Gasteiger partial charge in [0.15, 0.2) is 0 Å². The molecule has 0 aliphatic carbocycles. The molecule has 124 valence electrons. The molecule has 1 aromatic carbocycles. The molecule has 0 aliphatic rings. The van der Waals surface area contributed by atoms with Gasteiger partial charge in [0.2, 0.25) is 0 Å². The van der Waals surface area contributed by atoms with E-state index in [4.69, 9.17) is 0 Å². The second-order valence-corrected chi connectivity index (χ2v) is 7.38. The molecule has 0 atom stereocenters. The standard InChI is InChI=1S/C17H23BrN4O/c1-17(2,3)15-13(11-21-22-15)10-19-8-9-20-16(23)12-4-6-14(18)7-5-12/h4-7,11,19H,8-10H2,1-3H3,(H,20,23)(H,21,22). The van der Waals surface area contributed by atoms with E-state index in [1.807, 2.05) is 18.3 Å². The molecule has 3 N–H and O–H groups in total. The third-order valence-electron chi connectivity index (χ3n) is 3.48. The first kappa shape index (κ1) is 17.7. The maximum absolute atomic E-state index is 12.0. The average molecular weight is 379 g/mol. The van der Waals surface area contributed by atoms with Crippen LogP contribution in [0.2, 0.25) is 0 Å². The van der Waals surface area contributed by atoms with Crippen LogP contribution in [-0.2, 0) is 12.0 Å². The minimum atomic E-state index is -0.0574. The van der Waals surface area contributed by atoms with E-state index in [0.717, 1.165) is 22.3 Å². The minimum Gasteiger partial charge on any atom is -0.351 e. The van der Waals surface area contributed by atoms with Crippen LogP contribution in [0, 0.1) is 0 Å². The lowest BCUT2D eigenvalue weighted by atomic mass is 9.89. The summed E-state index contributed by atoms with van der Waals surface area (Å²) in [5.41, 5.74) is 3.02. The zero-order valence-electron chi connectivity index (χ0n) is 13.7. The largest absolute Gasteiger partial charge is 0.351 e. The Morgan fingerprint density at radius 3 is 2.57 bits per heavy atom. The van der Waals surface area contributed by atoms with Crippen LogP contribution in [0.25, 0.3) is 0 Å². The van der Waals surface area contributed by atoms with Gasteiger partial charge in [-0.3, -0.25) is 9.89 Å². The number of rotatable bonds is 6. The second-order valence-electron chi connectivity index (χ2n) is 6.46. The Balaban J connectivity index is 1.73. The summed E-state index contributed by atoms with van der Waals surface area (Å²) in [6.07, 6.45) is 1.86. The molecular weight excluding hydrogens is 356 g/mol. The molecule has 0 spiro atoms. The number of hydrogen-bond donors (Lipinski definition) is 3. The highest BCUT2D eigenvalue weighted by atomic mass is 79.9. The van der Waals surface area contributed by atoms with E-state index < -0.39 is 0 Å². The summed E-state index contributed by atoms with van der Waals surface area (Å²) in [5, 5.41) is 13.4. The Hall–Kier alpha value is -1.66. The van der Waals surface area contributed by atoms with Crippen molar-refractivity contribution < 1.29 is 4.79 Å². The molecule has 0 aliphatic heterocycles. The van der Waals surface area contributed by atoms with Gasteiger partial charge in [-0.2, -0.15) is 5.10 Å². The van der Waals surface area contributed by atoms with E-state index in [9.17, 15) is 4.79 Å². The number of carbonyl (C=O) groups is 1. The molecular formula is C17H23BrN4O. The molecule has 0 fully saturated rings. The number of benzene rings is 1. The van der Waals surface area contributed by atoms with Crippen LogP contribution < -0.4 is 10.6 Å². The van der Waals surface area contributed by atoms with Crippen LogP contribution in [0.4, 0.5) is 0 Å². The zero-order chi connectivity index (χ0) is 16.9. The first-order valence-corrected chi connectivity index (χ1v) is 8.44. The Labute approximate surface area is 145 Å². The number of halogens is 1. The SMILES string of the molecule is CC(C)(C)c1[nH]ncc1CNCCNC(=O)c1ccc(Br)cc1. The second kappa shape index (κ2) is 7.75. The fourth-order valence-electron chi connectivity index (χ4n) is 2.29. The van der Waals surface area contributed by atoms with Crippen molar-refractivity contribution in [3.05, 3.63) is 51.8 Å². The van der Waals surface area contributed by atoms with Crippen molar-refractivity contribution in [1.29, 1.82) is 0 Å². The summed E-state index contributed by atoms with van der Waals surface area (Å²) in [6.45, 7) is 8.49. The van der Waals surface area contributed by atoms with Crippen LogP contribution in [-0.4, -0.2) is 29.2 Å². The van der Waals surface area contributed by atoms with Crippen LogP contribution in [0.15, 0.2) is 34.9 Å². The lowest BCUT2D eigenvalue weighted by Gasteiger charge is -2.18. The first-order valence-electron chi connectivity index (χ1n) is 7.65. The molecule has 1 aromatic heterocycles. The first-order chi connectivity index (χ1) is 10.9. The van der Waals surface area contributed by atoms with Crippen molar-refractivity contribution in [2.45, 2.75) is 32.7 Å². The summed E-state index contributed by atoms with van der Waals surface area (Å²) >= 11 is 3.36. The number of nitrogens with zero attached hydrogens (tertiary/aromatic N) is 1. The molecule has 23 heavy (non-hydrogen) atoms. The fraction of sp³-hybridized carbons (Fsp3) is 0.412. The molecule has 0 saturated carbocycles. The number of hydrogen-bond acceptors (Lipinski definition) is 3. The van der Waals surface area contributed by atoms with E-state index in [0.29, 0.717) is 18.7 Å². The highest BCUT2D eigenvalue weighted by molar-refractivity contribution is 9.10. The number of aromatic nitrogens is 2. The molecule has 0 radical (unpaired) electrons. The van der Waals surface area contributed by atoms with Gasteiger partial charge in [-0.1, -0.05) is 36.7 Å². The van der Waals surface area contributed by atoms with Gasteiger partial charge in [0.1, 0.15) is 0 Å². The molecule has 0 bridgehead atoms. The molecule has 1 heterocycles. The summed E-state index contributed by atoms with van der Waals surface area (Å²) in [5.74, 6) is -0.0574. The van der Waals surface area contributed by atoms with E-state index in [-0.39, 0.29) is 11.3 Å². The lowest BCUT2D eigenvalue weighted by molar-refractivity contribution is 0.0954. The van der Waals surface area contributed by atoms with Gasteiger partial charge < -0.3 is 10.6 Å². The maximum atomic E-state index is 12.0. The van der Waals surface area contributed by atoms with Crippen molar-refractivity contribution in [2.24, 2.45) is 0 Å². The quantitative estimate of drug-likeness (QED) is 0.676. The Morgan fingerprint density at radius 2 is 1.91 bits per heavy atom. The van der Waals surface area contributed by atoms with Gasteiger partial charge in [0.05, 0.1) is 6.20 Å². The van der Waals surface area contributed by atoms with Gasteiger partial charge in [0.25, 0.3) is 5.91 Å². The normalized spacial score (nSPS) is 11.5. The van der Waals surface area contributed by atoms with Gasteiger partial charge in [-0.15, -0.1) is 0 Å². The van der Waals surface area contributed by atoms with Crippen LogP contribution in [0.3, 0.4) is 0 Å². The van der Waals surface area contributed by atoms with E-state index in [1.54, 1.807) is 12.1 Å². The van der Waals surface area contributed by atoms with Crippen molar-refractivity contribution in [3.8, 4) is 0 Å². The molecule has 0 saturated heterocycles. The Kier molecular flexibility index (Phi) is 5.96. The smallest absolute Gasteiger partial charge is 0.251 e. The summed E-state index contributed by atoms with van der Waals surface area (Å²) in [7, 11) is 0. The number of nitrogens with one attached hydrogen (secondary N) is 3. The summed E-state index contributed by atoms with van der Waals surface area (Å²) < 4.78 is 0.963. The molecule has 6 heteroatoms. The summed E-state index contributed by atoms with van der Waals surface area (Å²) in [4.78, 5) is 12.0. The lowest BCUT2D eigenvalue weighted by Crippen LogP contribution is -2.32. The van der Waals surface area contributed by atoms with Crippen molar-refractivity contribution in [2.75, 3.05) is 13.1 Å². The topological polar surface area (TPSA) is 69.8 Å². The monoisotopic (exact) mass is 378 g/mol. The number of carbonyl (C=O) groups excluding carboxylic acids is 1. The van der Waals surface area contributed by atoms with Crippen LogP contribution >= 0.6 is 15.9 Å². The molecule has 1 amide bonds. The predicted octanol–water partition coefficient (Wildman–Crippen LogP) is 2.99. The molecule has 5 nitrogen and oxygen atoms in total. The Bertz CT molecular complexity index is 643. The number of H-pyrrole nitrogens is 1. The number of amides is 1. The zero-order valence-corrected chi connectivity index (χ0v) is 15.3. The molecule has 2 aromatic rings. The van der Waals surface area contributed by atoms with Gasteiger partial charge in [-0.25, -0.2) is 0 Å². The van der Waals surface area contributed by atoms with Gasteiger partial charge >= 0.3 is 0 Å². The van der Waals surface area contributed by atoms with Crippen molar-refractivity contribution in [3.63, 3.8) is 0 Å². The Morgan fingerprint density at radius 1 is 1.22 bits per heavy atom. The third kappa shape index (κ3) is 5.18.